The molecule has 3 rings (SSSR count). The van der Waals surface area contributed by atoms with Gasteiger partial charge in [-0.05, 0) is 74.5 Å². The van der Waals surface area contributed by atoms with Crippen molar-refractivity contribution in [1.29, 1.82) is 0 Å². The van der Waals surface area contributed by atoms with E-state index in [0.717, 1.165) is 0 Å². The summed E-state index contributed by atoms with van der Waals surface area (Å²) in [5.41, 5.74) is 1.03. The standard InChI is InChI=1S/C22H19F2NO3/c1-14(27-19-8-4-17(23)5-9-19)21-12-3-16(13-25-21)22(26)15(2)28-20-10-6-18(24)7-11-20/h3-15H,1-2H3. The fourth-order valence-corrected chi connectivity index (χ4v) is 2.57. The van der Waals surface area contributed by atoms with E-state index in [1.807, 2.05) is 6.92 Å². The molecule has 1 aromatic heterocycles. The Morgan fingerprint density at radius 1 is 0.821 bits per heavy atom. The quantitative estimate of drug-likeness (QED) is 0.530. The number of benzene rings is 2. The molecule has 0 spiro atoms. The first kappa shape index (κ1) is 19.5. The normalized spacial score (nSPS) is 12.9. The van der Waals surface area contributed by atoms with Crippen LogP contribution in [0.3, 0.4) is 0 Å². The molecule has 0 aliphatic carbocycles. The number of halogens is 2. The minimum Gasteiger partial charge on any atom is -0.484 e. The Labute approximate surface area is 161 Å². The van der Waals surface area contributed by atoms with E-state index >= 15 is 0 Å². The highest BCUT2D eigenvalue weighted by Crippen LogP contribution is 2.21. The molecule has 0 aliphatic heterocycles. The van der Waals surface area contributed by atoms with Gasteiger partial charge in [0.1, 0.15) is 29.2 Å². The summed E-state index contributed by atoms with van der Waals surface area (Å²) in [6, 6.07) is 14.5. The molecule has 144 valence electrons. The number of carbonyl (C=O) groups excluding carboxylic acids is 1. The first-order chi connectivity index (χ1) is 13.4. The molecule has 2 aromatic carbocycles. The van der Waals surface area contributed by atoms with Gasteiger partial charge in [0, 0.05) is 11.8 Å². The summed E-state index contributed by atoms with van der Waals surface area (Å²) in [7, 11) is 0. The second-order valence-electron chi connectivity index (χ2n) is 6.26. The molecule has 28 heavy (non-hydrogen) atoms. The summed E-state index contributed by atoms with van der Waals surface area (Å²) in [4.78, 5) is 16.8. The maximum atomic E-state index is 13.0. The van der Waals surface area contributed by atoms with E-state index in [1.165, 1.54) is 54.7 Å². The minimum atomic E-state index is -0.744. The number of Topliss-reactive ketones (excluding diaryl/α,β-unsaturated/α-hetero) is 1. The molecule has 0 aliphatic rings. The fourth-order valence-electron chi connectivity index (χ4n) is 2.57. The number of rotatable bonds is 7. The lowest BCUT2D eigenvalue weighted by molar-refractivity contribution is 0.0817. The number of aromatic nitrogens is 1. The summed E-state index contributed by atoms with van der Waals surface area (Å²) < 4.78 is 37.2. The summed E-state index contributed by atoms with van der Waals surface area (Å²) in [6.07, 6.45) is 0.348. The van der Waals surface area contributed by atoms with Crippen molar-refractivity contribution in [3.63, 3.8) is 0 Å². The summed E-state index contributed by atoms with van der Waals surface area (Å²) in [6.45, 7) is 3.44. The van der Waals surface area contributed by atoms with Crippen LogP contribution in [0.2, 0.25) is 0 Å². The zero-order valence-electron chi connectivity index (χ0n) is 15.4. The van der Waals surface area contributed by atoms with Crippen LogP contribution in [-0.4, -0.2) is 16.9 Å². The second kappa shape index (κ2) is 8.61. The van der Waals surface area contributed by atoms with Crippen LogP contribution in [0, 0.1) is 11.6 Å². The maximum Gasteiger partial charge on any atom is 0.204 e. The number of hydrogen-bond donors (Lipinski definition) is 0. The molecule has 0 amide bonds. The number of ether oxygens (including phenoxy) is 2. The molecular formula is C22H19F2NO3. The van der Waals surface area contributed by atoms with Crippen LogP contribution in [0.1, 0.15) is 36.0 Å². The smallest absolute Gasteiger partial charge is 0.204 e. The van der Waals surface area contributed by atoms with Crippen molar-refractivity contribution in [2.24, 2.45) is 0 Å². The molecule has 2 unspecified atom stereocenters. The van der Waals surface area contributed by atoms with Crippen molar-refractivity contribution >= 4 is 5.78 Å². The monoisotopic (exact) mass is 383 g/mol. The molecule has 4 nitrogen and oxygen atoms in total. The van der Waals surface area contributed by atoms with Gasteiger partial charge in [0.05, 0.1) is 5.69 Å². The first-order valence-corrected chi connectivity index (χ1v) is 8.77. The Morgan fingerprint density at radius 2 is 1.36 bits per heavy atom. The summed E-state index contributed by atoms with van der Waals surface area (Å²) in [5, 5.41) is 0. The number of nitrogens with zero attached hydrogens (tertiary/aromatic N) is 1. The van der Waals surface area contributed by atoms with Crippen LogP contribution in [0.15, 0.2) is 66.9 Å². The van der Waals surface area contributed by atoms with E-state index in [4.69, 9.17) is 9.47 Å². The van der Waals surface area contributed by atoms with Gasteiger partial charge in [-0.15, -0.1) is 0 Å². The third-order valence-electron chi connectivity index (χ3n) is 4.11. The molecule has 2 atom stereocenters. The molecule has 0 N–H and O–H groups in total. The van der Waals surface area contributed by atoms with E-state index in [2.05, 4.69) is 4.98 Å². The first-order valence-electron chi connectivity index (χ1n) is 8.77. The Morgan fingerprint density at radius 3 is 1.86 bits per heavy atom. The topological polar surface area (TPSA) is 48.4 Å². The Kier molecular flexibility index (Phi) is 5.99. The van der Waals surface area contributed by atoms with Crippen LogP contribution in [0.25, 0.3) is 0 Å². The van der Waals surface area contributed by atoms with Gasteiger partial charge in [-0.2, -0.15) is 0 Å². The van der Waals surface area contributed by atoms with E-state index in [-0.39, 0.29) is 23.5 Å². The molecule has 1 heterocycles. The Balaban J connectivity index is 1.63. The Bertz CT molecular complexity index is 926. The Hall–Kier alpha value is -3.28. The number of carbonyl (C=O) groups is 1. The largest absolute Gasteiger partial charge is 0.484 e. The predicted molar refractivity (Wildman–Crippen MR) is 101 cm³/mol. The highest BCUT2D eigenvalue weighted by molar-refractivity contribution is 5.99. The van der Waals surface area contributed by atoms with E-state index < -0.39 is 6.10 Å². The van der Waals surface area contributed by atoms with Gasteiger partial charge in [0.25, 0.3) is 0 Å². The second-order valence-corrected chi connectivity index (χ2v) is 6.26. The summed E-state index contributed by atoms with van der Waals surface area (Å²) in [5.74, 6) is -0.0122. The molecule has 0 fully saturated rings. The van der Waals surface area contributed by atoms with Crippen LogP contribution in [-0.2, 0) is 0 Å². The van der Waals surface area contributed by atoms with Gasteiger partial charge in [-0.25, -0.2) is 8.78 Å². The number of pyridine rings is 1. The van der Waals surface area contributed by atoms with Crippen LogP contribution < -0.4 is 9.47 Å². The van der Waals surface area contributed by atoms with Crippen LogP contribution >= 0.6 is 0 Å². The average Bonchev–Trinajstić information content (AvgIpc) is 2.71. The van der Waals surface area contributed by atoms with Gasteiger partial charge in [0.15, 0.2) is 6.10 Å². The average molecular weight is 383 g/mol. The lowest BCUT2D eigenvalue weighted by Crippen LogP contribution is -2.24. The van der Waals surface area contributed by atoms with Gasteiger partial charge in [0.2, 0.25) is 5.78 Å². The highest BCUT2D eigenvalue weighted by atomic mass is 19.1. The molecule has 0 bridgehead atoms. The van der Waals surface area contributed by atoms with Crippen molar-refractivity contribution < 1.29 is 23.0 Å². The zero-order valence-corrected chi connectivity index (χ0v) is 15.4. The van der Waals surface area contributed by atoms with E-state index in [0.29, 0.717) is 22.8 Å². The van der Waals surface area contributed by atoms with E-state index in [9.17, 15) is 13.6 Å². The molecule has 0 saturated heterocycles. The van der Waals surface area contributed by atoms with Crippen molar-refractivity contribution in [3.05, 3.63) is 89.8 Å². The lowest BCUT2D eigenvalue weighted by Gasteiger charge is -2.16. The highest BCUT2D eigenvalue weighted by Gasteiger charge is 2.18. The van der Waals surface area contributed by atoms with Gasteiger partial charge in [-0.1, -0.05) is 0 Å². The van der Waals surface area contributed by atoms with Gasteiger partial charge >= 0.3 is 0 Å². The number of hydrogen-bond acceptors (Lipinski definition) is 4. The van der Waals surface area contributed by atoms with Gasteiger partial charge in [-0.3, -0.25) is 9.78 Å². The third-order valence-corrected chi connectivity index (χ3v) is 4.11. The molecule has 6 heteroatoms. The molecule has 0 saturated carbocycles. The third kappa shape index (κ3) is 4.91. The van der Waals surface area contributed by atoms with Gasteiger partial charge < -0.3 is 9.47 Å². The number of ketones is 1. The van der Waals surface area contributed by atoms with Crippen LogP contribution in [0.4, 0.5) is 8.78 Å². The molecule has 3 aromatic rings. The van der Waals surface area contributed by atoms with Crippen molar-refractivity contribution in [3.8, 4) is 11.5 Å². The van der Waals surface area contributed by atoms with E-state index in [1.54, 1.807) is 19.1 Å². The fraction of sp³-hybridized carbons (Fsp3) is 0.182. The minimum absolute atomic E-state index is 0.240. The molecule has 0 radical (unpaired) electrons. The zero-order chi connectivity index (χ0) is 20.1. The van der Waals surface area contributed by atoms with Crippen molar-refractivity contribution in [1.82, 2.24) is 4.98 Å². The summed E-state index contributed by atoms with van der Waals surface area (Å²) >= 11 is 0. The lowest BCUT2D eigenvalue weighted by atomic mass is 10.1. The predicted octanol–water partition coefficient (Wildman–Crippen LogP) is 5.15. The van der Waals surface area contributed by atoms with Crippen molar-refractivity contribution in [2.75, 3.05) is 0 Å². The van der Waals surface area contributed by atoms with Crippen molar-refractivity contribution in [2.45, 2.75) is 26.1 Å². The SMILES string of the molecule is CC(Oc1ccc(F)cc1)C(=O)c1ccc(C(C)Oc2ccc(F)cc2)nc1. The molecular weight excluding hydrogens is 364 g/mol. The maximum absolute atomic E-state index is 13.0. The van der Waals surface area contributed by atoms with Crippen LogP contribution in [0.5, 0.6) is 11.5 Å².